The molecule has 18 heavy (non-hydrogen) atoms. The van der Waals surface area contributed by atoms with Gasteiger partial charge in [-0.1, -0.05) is 5.21 Å². The summed E-state index contributed by atoms with van der Waals surface area (Å²) in [4.78, 5) is 25.0. The molecule has 1 saturated heterocycles. The third-order valence-electron chi connectivity index (χ3n) is 2.62. The van der Waals surface area contributed by atoms with Crippen LogP contribution in [0.4, 0.5) is 0 Å². The minimum Gasteiger partial charge on any atom is -0.340 e. The Morgan fingerprint density at radius 2 is 2.22 bits per heavy atom. The highest BCUT2D eigenvalue weighted by molar-refractivity contribution is 6.34. The van der Waals surface area contributed by atoms with Crippen molar-refractivity contribution >= 4 is 11.8 Å². The molecule has 0 saturated carbocycles. The predicted molar refractivity (Wildman–Crippen MR) is 60.1 cm³/mol. The Kier molecular flexibility index (Phi) is 4.18. The van der Waals surface area contributed by atoms with Gasteiger partial charge in [-0.2, -0.15) is 5.21 Å². The molecule has 2 heterocycles. The molecule has 0 aromatic carbocycles. The number of aromatic amines is 1. The summed E-state index contributed by atoms with van der Waals surface area (Å²) >= 11 is 0. The summed E-state index contributed by atoms with van der Waals surface area (Å²) in [6, 6.07) is 0. The highest BCUT2D eigenvalue weighted by Gasteiger charge is 2.22. The Bertz CT molecular complexity index is 397. The van der Waals surface area contributed by atoms with Gasteiger partial charge < -0.3 is 15.5 Å². The van der Waals surface area contributed by atoms with E-state index in [1.165, 1.54) is 0 Å². The molecular formula is C9H15N7O2. The first-order valence-electron chi connectivity index (χ1n) is 5.77. The second-order valence-electron chi connectivity index (χ2n) is 3.91. The third-order valence-corrected chi connectivity index (χ3v) is 2.62. The lowest BCUT2D eigenvalue weighted by atomic mass is 10.3. The van der Waals surface area contributed by atoms with E-state index in [9.17, 15) is 9.59 Å². The van der Waals surface area contributed by atoms with E-state index in [-0.39, 0.29) is 6.54 Å². The maximum Gasteiger partial charge on any atom is 0.311 e. The highest BCUT2D eigenvalue weighted by Crippen LogP contribution is 1.96. The predicted octanol–water partition coefficient (Wildman–Crippen LogP) is -2.36. The fourth-order valence-corrected chi connectivity index (χ4v) is 1.68. The monoisotopic (exact) mass is 253 g/mol. The molecule has 2 rings (SSSR count). The van der Waals surface area contributed by atoms with Crippen molar-refractivity contribution in [2.24, 2.45) is 0 Å². The van der Waals surface area contributed by atoms with E-state index in [0.29, 0.717) is 25.5 Å². The molecule has 0 bridgehead atoms. The van der Waals surface area contributed by atoms with Crippen molar-refractivity contribution < 1.29 is 9.59 Å². The molecule has 1 aliphatic rings. The van der Waals surface area contributed by atoms with Crippen molar-refractivity contribution in [3.8, 4) is 0 Å². The quantitative estimate of drug-likeness (QED) is 0.508. The zero-order chi connectivity index (χ0) is 12.8. The van der Waals surface area contributed by atoms with Crippen LogP contribution in [-0.2, 0) is 16.1 Å². The fraction of sp³-hybridized carbons (Fsp3) is 0.667. The second-order valence-corrected chi connectivity index (χ2v) is 3.91. The lowest BCUT2D eigenvalue weighted by molar-refractivity contribution is -0.145. The normalized spacial score (nSPS) is 16.1. The Morgan fingerprint density at radius 1 is 1.33 bits per heavy atom. The summed E-state index contributed by atoms with van der Waals surface area (Å²) in [5.41, 5.74) is 0. The van der Waals surface area contributed by atoms with Gasteiger partial charge in [-0.25, -0.2) is 0 Å². The topological polar surface area (TPSA) is 116 Å². The molecule has 98 valence electrons. The molecule has 3 N–H and O–H groups in total. The molecule has 9 heteroatoms. The van der Waals surface area contributed by atoms with Crippen LogP contribution in [0.5, 0.6) is 0 Å². The summed E-state index contributed by atoms with van der Waals surface area (Å²) in [5.74, 6) is -0.808. The standard InChI is InChI=1S/C9H15N7O2/c17-8(11-6-7-12-14-15-13-7)9(18)16-4-1-2-10-3-5-16/h10H,1-6H2,(H,11,17)(H,12,13,14,15). The Morgan fingerprint density at radius 3 is 3.00 bits per heavy atom. The summed E-state index contributed by atoms with van der Waals surface area (Å²) in [6.45, 7) is 2.82. The molecule has 1 aliphatic heterocycles. The van der Waals surface area contributed by atoms with Crippen LogP contribution in [-0.4, -0.2) is 63.5 Å². The van der Waals surface area contributed by atoms with Crippen LogP contribution < -0.4 is 10.6 Å². The van der Waals surface area contributed by atoms with Crippen molar-refractivity contribution in [3.63, 3.8) is 0 Å². The van der Waals surface area contributed by atoms with Gasteiger partial charge in [0.2, 0.25) is 0 Å². The van der Waals surface area contributed by atoms with Crippen molar-refractivity contribution in [2.45, 2.75) is 13.0 Å². The van der Waals surface area contributed by atoms with Crippen LogP contribution >= 0.6 is 0 Å². The van der Waals surface area contributed by atoms with Gasteiger partial charge in [-0.15, -0.1) is 10.2 Å². The van der Waals surface area contributed by atoms with Gasteiger partial charge in [0.1, 0.15) is 0 Å². The molecule has 0 aliphatic carbocycles. The largest absolute Gasteiger partial charge is 0.340 e. The molecule has 2 amide bonds. The summed E-state index contributed by atoms with van der Waals surface area (Å²) in [6.07, 6.45) is 0.851. The lowest BCUT2D eigenvalue weighted by Gasteiger charge is -2.18. The van der Waals surface area contributed by atoms with Crippen LogP contribution in [0.3, 0.4) is 0 Å². The van der Waals surface area contributed by atoms with Gasteiger partial charge in [0.05, 0.1) is 6.54 Å². The molecule has 0 unspecified atom stereocenters. The van der Waals surface area contributed by atoms with Gasteiger partial charge in [-0.3, -0.25) is 9.59 Å². The zero-order valence-electron chi connectivity index (χ0n) is 9.85. The van der Waals surface area contributed by atoms with Crippen LogP contribution in [0.25, 0.3) is 0 Å². The molecule has 0 spiro atoms. The van der Waals surface area contributed by atoms with Crippen LogP contribution in [0.15, 0.2) is 0 Å². The minimum absolute atomic E-state index is 0.0904. The summed E-state index contributed by atoms with van der Waals surface area (Å²) in [5, 5.41) is 18.6. The van der Waals surface area contributed by atoms with E-state index in [2.05, 4.69) is 31.3 Å². The van der Waals surface area contributed by atoms with Gasteiger partial charge in [-0.05, 0) is 13.0 Å². The van der Waals surface area contributed by atoms with Gasteiger partial charge in [0.15, 0.2) is 5.82 Å². The number of hydrogen-bond donors (Lipinski definition) is 3. The average molecular weight is 253 g/mol. The van der Waals surface area contributed by atoms with Gasteiger partial charge in [0, 0.05) is 19.6 Å². The van der Waals surface area contributed by atoms with E-state index in [1.54, 1.807) is 4.90 Å². The Hall–Kier alpha value is -2.03. The van der Waals surface area contributed by atoms with Crippen LogP contribution in [0.1, 0.15) is 12.2 Å². The van der Waals surface area contributed by atoms with E-state index < -0.39 is 11.8 Å². The number of tetrazole rings is 1. The Labute approximate surface area is 103 Å². The lowest BCUT2D eigenvalue weighted by Crippen LogP contribution is -2.44. The number of carbonyl (C=O) groups excluding carboxylic acids is 2. The average Bonchev–Trinajstić information content (AvgIpc) is 2.75. The molecular weight excluding hydrogens is 238 g/mol. The van der Waals surface area contributed by atoms with Crippen molar-refractivity contribution in [1.29, 1.82) is 0 Å². The number of amides is 2. The number of rotatable bonds is 2. The zero-order valence-corrected chi connectivity index (χ0v) is 9.85. The van der Waals surface area contributed by atoms with Crippen molar-refractivity contribution in [1.82, 2.24) is 36.2 Å². The number of nitrogens with one attached hydrogen (secondary N) is 3. The summed E-state index contributed by atoms with van der Waals surface area (Å²) in [7, 11) is 0. The second kappa shape index (κ2) is 6.05. The first-order chi connectivity index (χ1) is 8.77. The van der Waals surface area contributed by atoms with Crippen molar-refractivity contribution in [3.05, 3.63) is 5.82 Å². The minimum atomic E-state index is -0.637. The number of hydrogen-bond acceptors (Lipinski definition) is 6. The number of aromatic nitrogens is 4. The molecule has 9 nitrogen and oxygen atoms in total. The first kappa shape index (κ1) is 12.4. The number of H-pyrrole nitrogens is 1. The first-order valence-corrected chi connectivity index (χ1v) is 5.77. The number of carbonyl (C=O) groups is 2. The smallest absolute Gasteiger partial charge is 0.311 e. The molecule has 0 atom stereocenters. The van der Waals surface area contributed by atoms with Crippen LogP contribution in [0, 0.1) is 0 Å². The maximum atomic E-state index is 11.8. The third kappa shape index (κ3) is 3.23. The van der Waals surface area contributed by atoms with E-state index >= 15 is 0 Å². The maximum absolute atomic E-state index is 11.8. The number of nitrogens with zero attached hydrogens (tertiary/aromatic N) is 4. The SMILES string of the molecule is O=C(NCc1nn[nH]n1)C(=O)N1CCCNCC1. The molecule has 1 aromatic rings. The van der Waals surface area contributed by atoms with Crippen LogP contribution in [0.2, 0.25) is 0 Å². The summed E-state index contributed by atoms with van der Waals surface area (Å²) < 4.78 is 0. The molecule has 1 aromatic heterocycles. The van der Waals surface area contributed by atoms with E-state index in [0.717, 1.165) is 13.0 Å². The van der Waals surface area contributed by atoms with Crippen molar-refractivity contribution in [2.75, 3.05) is 26.2 Å². The van der Waals surface area contributed by atoms with Gasteiger partial charge in [0.25, 0.3) is 0 Å². The highest BCUT2D eigenvalue weighted by atomic mass is 16.2. The van der Waals surface area contributed by atoms with Gasteiger partial charge >= 0.3 is 11.8 Å². The molecule has 1 fully saturated rings. The van der Waals surface area contributed by atoms with E-state index in [1.807, 2.05) is 0 Å². The Balaban J connectivity index is 1.82. The van der Waals surface area contributed by atoms with E-state index in [4.69, 9.17) is 0 Å². The fourth-order valence-electron chi connectivity index (χ4n) is 1.68. The molecule has 0 radical (unpaired) electrons.